The van der Waals surface area contributed by atoms with E-state index in [1.165, 1.54) is 0 Å². The second kappa shape index (κ2) is 5.47. The summed E-state index contributed by atoms with van der Waals surface area (Å²) in [5.74, 6) is 0.845. The van der Waals surface area contributed by atoms with Gasteiger partial charge in [0, 0.05) is 32.0 Å². The van der Waals surface area contributed by atoms with Gasteiger partial charge in [0.2, 0.25) is 0 Å². The van der Waals surface area contributed by atoms with Crippen LogP contribution >= 0.6 is 0 Å². The first-order valence-corrected chi connectivity index (χ1v) is 6.14. The van der Waals surface area contributed by atoms with Crippen molar-refractivity contribution < 1.29 is 9.84 Å². The minimum absolute atomic E-state index is 0.295. The quantitative estimate of drug-likeness (QED) is 0.865. The van der Waals surface area contributed by atoms with Crippen LogP contribution in [0.15, 0.2) is 18.3 Å². The molecule has 4 nitrogen and oxygen atoms in total. The molecule has 1 aliphatic heterocycles. The lowest BCUT2D eigenvalue weighted by molar-refractivity contribution is 0.116. The number of hydrogen-bond acceptors (Lipinski definition) is 4. The van der Waals surface area contributed by atoms with Gasteiger partial charge in [-0.05, 0) is 25.8 Å². The molecule has 94 valence electrons. The van der Waals surface area contributed by atoms with Gasteiger partial charge in [0.1, 0.15) is 5.82 Å². The normalized spacial score (nSPS) is 21.5. The van der Waals surface area contributed by atoms with Crippen LogP contribution in [0.1, 0.15) is 31.4 Å². The van der Waals surface area contributed by atoms with Gasteiger partial charge >= 0.3 is 0 Å². The minimum atomic E-state index is -0.495. The van der Waals surface area contributed by atoms with E-state index in [0.29, 0.717) is 6.10 Å². The van der Waals surface area contributed by atoms with E-state index >= 15 is 0 Å². The Morgan fingerprint density at radius 3 is 3.12 bits per heavy atom. The van der Waals surface area contributed by atoms with Crippen molar-refractivity contribution in [3.05, 3.63) is 23.9 Å². The molecule has 1 aromatic heterocycles. The average Bonchev–Trinajstić information content (AvgIpc) is 2.81. The molecular formula is C13H20N2O2. The molecule has 0 aliphatic carbocycles. The molecule has 1 fully saturated rings. The molecule has 0 saturated carbocycles. The van der Waals surface area contributed by atoms with Crippen molar-refractivity contribution in [2.75, 3.05) is 25.1 Å². The van der Waals surface area contributed by atoms with E-state index in [-0.39, 0.29) is 0 Å². The van der Waals surface area contributed by atoms with Crippen molar-refractivity contribution in [2.24, 2.45) is 0 Å². The second-order valence-corrected chi connectivity index (χ2v) is 4.61. The summed E-state index contributed by atoms with van der Waals surface area (Å²) in [6, 6.07) is 3.77. The number of ether oxygens (including phenoxy) is 1. The zero-order valence-corrected chi connectivity index (χ0v) is 10.5. The Bertz CT molecular complexity index is 362. The molecule has 2 unspecified atom stereocenters. The number of anilines is 1. The standard InChI is InChI=1S/C13H20N2O2/c1-10(16)12-6-3-7-14-13(12)15(2)9-11-5-4-8-17-11/h3,6-7,10-11,16H,4-5,8-9H2,1-2H3. The third-order valence-corrected chi connectivity index (χ3v) is 3.13. The summed E-state index contributed by atoms with van der Waals surface area (Å²) in [5, 5.41) is 9.72. The number of likely N-dealkylation sites (N-methyl/N-ethyl adjacent to an activating group) is 1. The summed E-state index contributed by atoms with van der Waals surface area (Å²) in [6.07, 6.45) is 3.81. The number of aromatic nitrogens is 1. The Morgan fingerprint density at radius 1 is 1.65 bits per heavy atom. The van der Waals surface area contributed by atoms with Gasteiger partial charge in [0.25, 0.3) is 0 Å². The summed E-state index contributed by atoms with van der Waals surface area (Å²) < 4.78 is 5.61. The fourth-order valence-corrected chi connectivity index (χ4v) is 2.23. The van der Waals surface area contributed by atoms with Crippen LogP contribution in [0.4, 0.5) is 5.82 Å². The van der Waals surface area contributed by atoms with Gasteiger partial charge in [-0.1, -0.05) is 6.07 Å². The Kier molecular flexibility index (Phi) is 3.97. The van der Waals surface area contributed by atoms with Crippen LogP contribution in [0.5, 0.6) is 0 Å². The highest BCUT2D eigenvalue weighted by Crippen LogP contribution is 2.24. The van der Waals surface area contributed by atoms with Gasteiger partial charge in [-0.25, -0.2) is 4.98 Å². The predicted molar refractivity (Wildman–Crippen MR) is 67.1 cm³/mol. The first-order valence-electron chi connectivity index (χ1n) is 6.14. The molecule has 1 N–H and O–H groups in total. The lowest BCUT2D eigenvalue weighted by Gasteiger charge is -2.24. The molecule has 2 atom stereocenters. The first-order chi connectivity index (χ1) is 8.18. The molecule has 1 saturated heterocycles. The highest BCUT2D eigenvalue weighted by atomic mass is 16.5. The zero-order valence-electron chi connectivity index (χ0n) is 10.5. The predicted octanol–water partition coefficient (Wildman–Crippen LogP) is 1.75. The van der Waals surface area contributed by atoms with Crippen molar-refractivity contribution in [3.8, 4) is 0 Å². The number of aliphatic hydroxyl groups excluding tert-OH is 1. The van der Waals surface area contributed by atoms with E-state index in [0.717, 1.165) is 37.4 Å². The van der Waals surface area contributed by atoms with Crippen molar-refractivity contribution >= 4 is 5.82 Å². The number of aliphatic hydroxyl groups is 1. The third kappa shape index (κ3) is 2.96. The topological polar surface area (TPSA) is 45.6 Å². The van der Waals surface area contributed by atoms with Crippen molar-refractivity contribution in [1.29, 1.82) is 0 Å². The molecule has 2 rings (SSSR count). The fraction of sp³-hybridized carbons (Fsp3) is 0.615. The second-order valence-electron chi connectivity index (χ2n) is 4.61. The van der Waals surface area contributed by atoms with Gasteiger partial charge in [-0.15, -0.1) is 0 Å². The monoisotopic (exact) mass is 236 g/mol. The van der Waals surface area contributed by atoms with Crippen molar-refractivity contribution in [3.63, 3.8) is 0 Å². The summed E-state index contributed by atoms with van der Waals surface area (Å²) >= 11 is 0. The van der Waals surface area contributed by atoms with Crippen LogP contribution in [0, 0.1) is 0 Å². The maximum atomic E-state index is 9.72. The third-order valence-electron chi connectivity index (χ3n) is 3.13. The van der Waals surface area contributed by atoms with Gasteiger partial charge in [-0.2, -0.15) is 0 Å². The number of pyridine rings is 1. The van der Waals surface area contributed by atoms with Crippen LogP contribution in [0.3, 0.4) is 0 Å². The first kappa shape index (κ1) is 12.3. The maximum absolute atomic E-state index is 9.72. The van der Waals surface area contributed by atoms with Crippen molar-refractivity contribution in [2.45, 2.75) is 32.0 Å². The largest absolute Gasteiger partial charge is 0.389 e. The Balaban J connectivity index is 2.09. The highest BCUT2D eigenvalue weighted by molar-refractivity contribution is 5.47. The van der Waals surface area contributed by atoms with Gasteiger partial charge < -0.3 is 14.7 Å². The van der Waals surface area contributed by atoms with Crippen LogP contribution in [-0.2, 0) is 4.74 Å². The average molecular weight is 236 g/mol. The summed E-state index contributed by atoms with van der Waals surface area (Å²) in [4.78, 5) is 6.42. The van der Waals surface area contributed by atoms with Gasteiger partial charge in [-0.3, -0.25) is 0 Å². The lowest BCUT2D eigenvalue weighted by atomic mass is 10.1. The maximum Gasteiger partial charge on any atom is 0.134 e. The molecule has 0 bridgehead atoms. The fourth-order valence-electron chi connectivity index (χ4n) is 2.23. The molecule has 1 aromatic rings. The van der Waals surface area contributed by atoms with E-state index < -0.39 is 6.10 Å². The molecule has 17 heavy (non-hydrogen) atoms. The van der Waals surface area contributed by atoms with Crippen LogP contribution in [0.2, 0.25) is 0 Å². The lowest BCUT2D eigenvalue weighted by Crippen LogP contribution is -2.30. The molecule has 0 spiro atoms. The Hall–Kier alpha value is -1.13. The summed E-state index contributed by atoms with van der Waals surface area (Å²) in [5.41, 5.74) is 0.869. The van der Waals surface area contributed by atoms with E-state index in [4.69, 9.17) is 4.74 Å². The Morgan fingerprint density at radius 2 is 2.47 bits per heavy atom. The summed E-state index contributed by atoms with van der Waals surface area (Å²) in [7, 11) is 2.00. The molecule has 0 radical (unpaired) electrons. The number of nitrogens with zero attached hydrogens (tertiary/aromatic N) is 2. The number of rotatable bonds is 4. The molecule has 1 aliphatic rings. The van der Waals surface area contributed by atoms with Gasteiger partial charge in [0.15, 0.2) is 0 Å². The molecular weight excluding hydrogens is 216 g/mol. The van der Waals surface area contributed by atoms with E-state index in [2.05, 4.69) is 9.88 Å². The Labute approximate surface area is 102 Å². The molecule has 4 heteroatoms. The SMILES string of the molecule is CC(O)c1cccnc1N(C)CC1CCCO1. The minimum Gasteiger partial charge on any atom is -0.389 e. The molecule has 2 heterocycles. The molecule has 0 aromatic carbocycles. The van der Waals surface area contributed by atoms with Crippen LogP contribution < -0.4 is 4.90 Å². The highest BCUT2D eigenvalue weighted by Gasteiger charge is 2.20. The van der Waals surface area contributed by atoms with Crippen molar-refractivity contribution in [1.82, 2.24) is 4.98 Å². The van der Waals surface area contributed by atoms with Crippen LogP contribution in [0.25, 0.3) is 0 Å². The van der Waals surface area contributed by atoms with E-state index in [9.17, 15) is 5.11 Å². The van der Waals surface area contributed by atoms with E-state index in [1.54, 1.807) is 13.1 Å². The zero-order chi connectivity index (χ0) is 12.3. The van der Waals surface area contributed by atoms with E-state index in [1.807, 2.05) is 19.2 Å². The smallest absolute Gasteiger partial charge is 0.134 e. The van der Waals surface area contributed by atoms with Crippen LogP contribution in [-0.4, -0.2) is 36.4 Å². The summed E-state index contributed by atoms with van der Waals surface area (Å²) in [6.45, 7) is 3.46. The van der Waals surface area contributed by atoms with Gasteiger partial charge in [0.05, 0.1) is 12.2 Å². The molecule has 0 amide bonds. The number of hydrogen-bond donors (Lipinski definition) is 1.